The van der Waals surface area contributed by atoms with Gasteiger partial charge in [-0.15, -0.1) is 0 Å². The Hall–Kier alpha value is -1.09. The van der Waals surface area contributed by atoms with Gasteiger partial charge < -0.3 is 0 Å². The lowest BCUT2D eigenvalue weighted by Gasteiger charge is -2.20. The largest absolute Gasteiger partial charge is 0.240 e. The van der Waals surface area contributed by atoms with E-state index >= 15 is 0 Å². The molecule has 19 heavy (non-hydrogen) atoms. The second-order valence-electron chi connectivity index (χ2n) is 4.63. The van der Waals surface area contributed by atoms with Gasteiger partial charge in [-0.2, -0.15) is 5.26 Å². The van der Waals surface area contributed by atoms with Crippen molar-refractivity contribution in [3.8, 4) is 6.07 Å². The third-order valence-electron chi connectivity index (χ3n) is 2.92. The summed E-state index contributed by atoms with van der Waals surface area (Å²) in [6.07, 6.45) is 0.709. The highest BCUT2D eigenvalue weighted by atomic mass is 35.5. The Bertz CT molecular complexity index is 591. The molecule has 1 rings (SSSR count). The van der Waals surface area contributed by atoms with Crippen molar-refractivity contribution in [1.82, 2.24) is 4.72 Å². The molecule has 1 unspecified atom stereocenters. The lowest BCUT2D eigenvalue weighted by Crippen LogP contribution is -2.37. The molecule has 0 bridgehead atoms. The van der Waals surface area contributed by atoms with Crippen LogP contribution in [0.5, 0.6) is 0 Å². The Morgan fingerprint density at radius 1 is 1.42 bits per heavy atom. The SMILES string of the molecule is CCC(NS(=O)(=O)c1ccc(C#N)c(Cl)c1)C(C)C. The predicted molar refractivity (Wildman–Crippen MR) is 75.4 cm³/mol. The van der Waals surface area contributed by atoms with Gasteiger partial charge in [0.2, 0.25) is 10.0 Å². The van der Waals surface area contributed by atoms with Gasteiger partial charge in [-0.05, 0) is 30.5 Å². The molecule has 1 N–H and O–H groups in total. The van der Waals surface area contributed by atoms with Crippen molar-refractivity contribution in [3.63, 3.8) is 0 Å². The van der Waals surface area contributed by atoms with Gasteiger partial charge in [0.15, 0.2) is 0 Å². The topological polar surface area (TPSA) is 70.0 Å². The van der Waals surface area contributed by atoms with Crippen molar-refractivity contribution in [2.45, 2.75) is 38.1 Å². The molecule has 0 aliphatic heterocycles. The zero-order valence-electron chi connectivity index (χ0n) is 11.1. The van der Waals surface area contributed by atoms with Gasteiger partial charge in [-0.3, -0.25) is 0 Å². The fourth-order valence-electron chi connectivity index (χ4n) is 1.71. The van der Waals surface area contributed by atoms with Gasteiger partial charge in [0.25, 0.3) is 0 Å². The van der Waals surface area contributed by atoms with Crippen LogP contribution in [-0.2, 0) is 10.0 Å². The number of hydrogen-bond donors (Lipinski definition) is 1. The fourth-order valence-corrected chi connectivity index (χ4v) is 3.49. The molecule has 0 fully saturated rings. The highest BCUT2D eigenvalue weighted by molar-refractivity contribution is 7.89. The minimum Gasteiger partial charge on any atom is -0.208 e. The van der Waals surface area contributed by atoms with Gasteiger partial charge in [0.05, 0.1) is 15.5 Å². The maximum absolute atomic E-state index is 12.2. The maximum atomic E-state index is 12.2. The van der Waals surface area contributed by atoms with Gasteiger partial charge in [0, 0.05) is 6.04 Å². The maximum Gasteiger partial charge on any atom is 0.240 e. The Morgan fingerprint density at radius 2 is 2.05 bits per heavy atom. The highest BCUT2D eigenvalue weighted by Gasteiger charge is 2.21. The van der Waals surface area contributed by atoms with Crippen LogP contribution in [0, 0.1) is 17.2 Å². The molecular formula is C13H17ClN2O2S. The molecule has 0 aromatic heterocycles. The number of nitrogens with one attached hydrogen (secondary N) is 1. The molecule has 1 aromatic carbocycles. The standard InChI is InChI=1S/C13H17ClN2O2S/c1-4-13(9(2)3)16-19(17,18)11-6-5-10(8-15)12(14)7-11/h5-7,9,13,16H,4H2,1-3H3. The quantitative estimate of drug-likeness (QED) is 0.909. The van der Waals surface area contributed by atoms with Crippen LogP contribution >= 0.6 is 11.6 Å². The van der Waals surface area contributed by atoms with Crippen molar-refractivity contribution < 1.29 is 8.42 Å². The number of hydrogen-bond acceptors (Lipinski definition) is 3. The van der Waals surface area contributed by atoms with E-state index in [-0.39, 0.29) is 27.4 Å². The average Bonchev–Trinajstić information content (AvgIpc) is 2.35. The average molecular weight is 301 g/mol. The van der Waals surface area contributed by atoms with Crippen molar-refractivity contribution in [2.24, 2.45) is 5.92 Å². The molecule has 0 saturated heterocycles. The third kappa shape index (κ3) is 3.93. The molecule has 6 heteroatoms. The summed E-state index contributed by atoms with van der Waals surface area (Å²) in [7, 11) is -3.61. The highest BCUT2D eigenvalue weighted by Crippen LogP contribution is 2.21. The molecule has 1 atom stereocenters. The first-order valence-corrected chi connectivity index (χ1v) is 7.90. The fraction of sp³-hybridized carbons (Fsp3) is 0.462. The van der Waals surface area contributed by atoms with E-state index in [1.807, 2.05) is 26.8 Å². The number of nitriles is 1. The summed E-state index contributed by atoms with van der Waals surface area (Å²) in [4.78, 5) is 0.0793. The van der Waals surface area contributed by atoms with E-state index < -0.39 is 10.0 Å². The molecule has 104 valence electrons. The minimum absolute atomic E-state index is 0.0793. The zero-order chi connectivity index (χ0) is 14.6. The van der Waals surface area contributed by atoms with E-state index in [0.29, 0.717) is 6.42 Å². The van der Waals surface area contributed by atoms with Crippen molar-refractivity contribution >= 4 is 21.6 Å². The predicted octanol–water partition coefficient (Wildman–Crippen LogP) is 2.92. The Labute approximate surface area is 119 Å². The van der Waals surface area contributed by atoms with E-state index in [0.717, 1.165) is 0 Å². The van der Waals surface area contributed by atoms with E-state index in [1.165, 1.54) is 18.2 Å². The number of benzene rings is 1. The van der Waals surface area contributed by atoms with Gasteiger partial charge in [-0.25, -0.2) is 13.1 Å². The van der Waals surface area contributed by atoms with E-state index in [2.05, 4.69) is 4.72 Å². The molecule has 0 radical (unpaired) electrons. The van der Waals surface area contributed by atoms with Crippen LogP contribution in [0.3, 0.4) is 0 Å². The lowest BCUT2D eigenvalue weighted by atomic mass is 10.0. The van der Waals surface area contributed by atoms with Crippen LogP contribution in [-0.4, -0.2) is 14.5 Å². The van der Waals surface area contributed by atoms with Crippen LogP contribution in [0.15, 0.2) is 23.1 Å². The smallest absolute Gasteiger partial charge is 0.208 e. The molecule has 0 saturated carbocycles. The number of nitrogens with zero attached hydrogens (tertiary/aromatic N) is 1. The van der Waals surface area contributed by atoms with Crippen LogP contribution in [0.25, 0.3) is 0 Å². The molecular weight excluding hydrogens is 284 g/mol. The van der Waals surface area contributed by atoms with Crippen LogP contribution in [0.2, 0.25) is 5.02 Å². The van der Waals surface area contributed by atoms with Gasteiger partial charge >= 0.3 is 0 Å². The van der Waals surface area contributed by atoms with Crippen LogP contribution in [0.4, 0.5) is 0 Å². The summed E-state index contributed by atoms with van der Waals surface area (Å²) in [5, 5.41) is 8.91. The molecule has 1 aromatic rings. The Kier molecular flexibility index (Phi) is 5.36. The van der Waals surface area contributed by atoms with Crippen molar-refractivity contribution in [1.29, 1.82) is 5.26 Å². The molecule has 0 heterocycles. The molecule has 0 aliphatic rings. The summed E-state index contributed by atoms with van der Waals surface area (Å²) >= 11 is 5.85. The summed E-state index contributed by atoms with van der Waals surface area (Å²) < 4.78 is 27.1. The molecule has 0 aliphatic carbocycles. The monoisotopic (exact) mass is 300 g/mol. The minimum atomic E-state index is -3.61. The zero-order valence-corrected chi connectivity index (χ0v) is 12.7. The van der Waals surface area contributed by atoms with Crippen LogP contribution in [0.1, 0.15) is 32.8 Å². The first kappa shape index (κ1) is 16.0. The number of rotatable bonds is 5. The second-order valence-corrected chi connectivity index (χ2v) is 6.75. The van der Waals surface area contributed by atoms with E-state index in [4.69, 9.17) is 16.9 Å². The van der Waals surface area contributed by atoms with Gasteiger partial charge in [0.1, 0.15) is 6.07 Å². The number of halogens is 1. The van der Waals surface area contributed by atoms with Crippen LogP contribution < -0.4 is 4.72 Å². The molecule has 0 spiro atoms. The summed E-state index contributed by atoms with van der Waals surface area (Å²) in [5.74, 6) is 0.202. The summed E-state index contributed by atoms with van der Waals surface area (Å²) in [6, 6.07) is 5.87. The molecule has 4 nitrogen and oxygen atoms in total. The normalized spacial score (nSPS) is 13.3. The Balaban J connectivity index is 3.08. The first-order chi connectivity index (χ1) is 8.81. The molecule has 0 amide bonds. The van der Waals surface area contributed by atoms with E-state index in [9.17, 15) is 8.42 Å². The van der Waals surface area contributed by atoms with E-state index in [1.54, 1.807) is 0 Å². The third-order valence-corrected chi connectivity index (χ3v) is 4.72. The van der Waals surface area contributed by atoms with Crippen molar-refractivity contribution in [2.75, 3.05) is 0 Å². The summed E-state index contributed by atoms with van der Waals surface area (Å²) in [6.45, 7) is 5.85. The lowest BCUT2D eigenvalue weighted by molar-refractivity contribution is 0.437. The first-order valence-electron chi connectivity index (χ1n) is 6.03. The van der Waals surface area contributed by atoms with Gasteiger partial charge in [-0.1, -0.05) is 32.4 Å². The second kappa shape index (κ2) is 6.38. The van der Waals surface area contributed by atoms with Crippen molar-refractivity contribution in [3.05, 3.63) is 28.8 Å². The number of sulfonamides is 1. The Morgan fingerprint density at radius 3 is 2.47 bits per heavy atom. The summed E-state index contributed by atoms with van der Waals surface area (Å²) in [5.41, 5.74) is 0.261.